The van der Waals surface area contributed by atoms with Crippen molar-refractivity contribution in [2.45, 2.75) is 51.5 Å². The molecule has 0 saturated heterocycles. The van der Waals surface area contributed by atoms with E-state index in [4.69, 9.17) is 4.74 Å². The molecule has 1 atom stereocenters. The number of esters is 1. The van der Waals surface area contributed by atoms with Gasteiger partial charge in [0.1, 0.15) is 12.5 Å². The highest BCUT2D eigenvalue weighted by Crippen LogP contribution is 2.25. The first-order valence-corrected chi connectivity index (χ1v) is 9.72. The Morgan fingerprint density at radius 1 is 0.962 bits per heavy atom. The molecule has 2 rings (SSSR count). The number of unbranched alkanes of at least 4 members (excludes halogenated alkanes) is 2. The summed E-state index contributed by atoms with van der Waals surface area (Å²) in [6.45, 7) is 5.49. The highest BCUT2D eigenvalue weighted by molar-refractivity contribution is 5.82. The van der Waals surface area contributed by atoms with Crippen LogP contribution < -0.4 is 5.32 Å². The maximum absolute atomic E-state index is 12.7. The van der Waals surface area contributed by atoms with Gasteiger partial charge in [-0.1, -0.05) is 86.8 Å². The van der Waals surface area contributed by atoms with Crippen molar-refractivity contribution >= 4 is 5.97 Å². The molecule has 0 radical (unpaired) electrons. The first kappa shape index (κ1) is 20.2. The van der Waals surface area contributed by atoms with E-state index in [1.807, 2.05) is 60.7 Å². The highest BCUT2D eigenvalue weighted by atomic mass is 16.5. The molecule has 0 bridgehead atoms. The molecule has 0 saturated carbocycles. The number of benzene rings is 2. The Morgan fingerprint density at radius 2 is 1.54 bits per heavy atom. The van der Waals surface area contributed by atoms with Gasteiger partial charge in [-0.05, 0) is 24.5 Å². The minimum Gasteiger partial charge on any atom is -0.464 e. The molecule has 140 valence electrons. The summed E-state index contributed by atoms with van der Waals surface area (Å²) in [5.74, 6) is -0.567. The summed E-state index contributed by atoms with van der Waals surface area (Å²) in [4.78, 5) is 12.7. The molecular formula is C23H31NO2. The Bertz CT molecular complexity index is 588. The van der Waals surface area contributed by atoms with Crippen molar-refractivity contribution in [3.8, 4) is 0 Å². The second-order valence-corrected chi connectivity index (χ2v) is 6.77. The van der Waals surface area contributed by atoms with E-state index >= 15 is 0 Å². The molecular weight excluding hydrogens is 322 g/mol. The van der Waals surface area contributed by atoms with Crippen LogP contribution in [0.25, 0.3) is 0 Å². The lowest BCUT2D eigenvalue weighted by molar-refractivity contribution is -0.144. The normalized spacial score (nSPS) is 12.1. The quantitative estimate of drug-likeness (QED) is 0.460. The maximum atomic E-state index is 12.7. The number of rotatable bonds is 11. The van der Waals surface area contributed by atoms with Crippen LogP contribution in [-0.2, 0) is 9.53 Å². The van der Waals surface area contributed by atoms with Gasteiger partial charge < -0.3 is 10.1 Å². The van der Waals surface area contributed by atoms with Crippen LogP contribution in [0.1, 0.15) is 56.6 Å². The van der Waals surface area contributed by atoms with E-state index in [1.54, 1.807) is 0 Å². The summed E-state index contributed by atoms with van der Waals surface area (Å²) in [5.41, 5.74) is 1.93. The maximum Gasteiger partial charge on any atom is 0.317 e. The molecule has 26 heavy (non-hydrogen) atoms. The molecule has 0 spiro atoms. The van der Waals surface area contributed by atoms with E-state index in [9.17, 15) is 4.79 Å². The van der Waals surface area contributed by atoms with Crippen LogP contribution in [0, 0.1) is 0 Å². The summed E-state index contributed by atoms with van der Waals surface area (Å²) in [6.07, 6.45) is 4.93. The number of hydrogen-bond acceptors (Lipinski definition) is 3. The molecule has 2 aromatic rings. The van der Waals surface area contributed by atoms with Gasteiger partial charge in [0, 0.05) is 12.6 Å². The van der Waals surface area contributed by atoms with Crippen LogP contribution in [0.5, 0.6) is 0 Å². The van der Waals surface area contributed by atoms with Gasteiger partial charge in [-0.3, -0.25) is 4.79 Å². The second kappa shape index (κ2) is 11.5. The van der Waals surface area contributed by atoms with E-state index in [0.29, 0.717) is 19.2 Å². The molecule has 0 aliphatic heterocycles. The number of nitrogens with one attached hydrogen (secondary N) is 1. The molecule has 1 N–H and O–H groups in total. The third-order valence-electron chi connectivity index (χ3n) is 4.58. The summed E-state index contributed by atoms with van der Waals surface area (Å²) in [7, 11) is 0. The Balaban J connectivity index is 1.88. The van der Waals surface area contributed by atoms with Gasteiger partial charge in [-0.2, -0.15) is 0 Å². The van der Waals surface area contributed by atoms with Crippen molar-refractivity contribution < 1.29 is 9.53 Å². The lowest BCUT2D eigenvalue weighted by atomic mass is 9.91. The van der Waals surface area contributed by atoms with Crippen molar-refractivity contribution in [2.75, 3.05) is 13.2 Å². The van der Waals surface area contributed by atoms with Crippen LogP contribution >= 0.6 is 0 Å². The van der Waals surface area contributed by atoms with Crippen molar-refractivity contribution in [1.82, 2.24) is 5.32 Å². The van der Waals surface area contributed by atoms with Crippen LogP contribution in [0.15, 0.2) is 60.7 Å². The molecule has 0 fully saturated rings. The lowest BCUT2D eigenvalue weighted by Gasteiger charge is -2.18. The predicted molar refractivity (Wildman–Crippen MR) is 107 cm³/mol. The monoisotopic (exact) mass is 353 g/mol. The highest BCUT2D eigenvalue weighted by Gasteiger charge is 2.23. The van der Waals surface area contributed by atoms with Gasteiger partial charge in [-0.15, -0.1) is 0 Å². The third kappa shape index (κ3) is 6.64. The number of ether oxygens (including phenoxy) is 1. The molecule has 0 aliphatic carbocycles. The molecule has 0 heterocycles. The summed E-state index contributed by atoms with van der Waals surface area (Å²) >= 11 is 0. The van der Waals surface area contributed by atoms with Crippen molar-refractivity contribution in [3.05, 3.63) is 71.8 Å². The topological polar surface area (TPSA) is 38.3 Å². The summed E-state index contributed by atoms with van der Waals surface area (Å²) in [5, 5.41) is 3.44. The van der Waals surface area contributed by atoms with E-state index in [-0.39, 0.29) is 11.9 Å². The minimum absolute atomic E-state index is 0.192. The van der Waals surface area contributed by atoms with Crippen LogP contribution in [0.3, 0.4) is 0 Å². The first-order chi connectivity index (χ1) is 12.7. The Morgan fingerprint density at radius 3 is 2.08 bits per heavy atom. The Hall–Kier alpha value is -2.13. The lowest BCUT2D eigenvalue weighted by Crippen LogP contribution is -2.30. The zero-order chi connectivity index (χ0) is 18.6. The number of carbonyl (C=O) groups excluding carboxylic acids is 1. The average molecular weight is 354 g/mol. The predicted octanol–water partition coefficient (Wildman–Crippen LogP) is 4.92. The average Bonchev–Trinajstić information content (AvgIpc) is 2.67. The van der Waals surface area contributed by atoms with Gasteiger partial charge in [0.15, 0.2) is 0 Å². The molecule has 0 amide bonds. The summed E-state index contributed by atoms with van der Waals surface area (Å²) < 4.78 is 5.59. The molecule has 0 aliphatic rings. The van der Waals surface area contributed by atoms with Crippen molar-refractivity contribution in [1.29, 1.82) is 0 Å². The molecule has 0 aromatic heterocycles. The van der Waals surface area contributed by atoms with Crippen molar-refractivity contribution in [3.63, 3.8) is 0 Å². The van der Waals surface area contributed by atoms with Crippen LogP contribution in [0.2, 0.25) is 0 Å². The van der Waals surface area contributed by atoms with E-state index in [1.165, 1.54) is 25.7 Å². The molecule has 3 nitrogen and oxygen atoms in total. The fourth-order valence-electron chi connectivity index (χ4n) is 3.10. The largest absolute Gasteiger partial charge is 0.464 e. The zero-order valence-corrected chi connectivity index (χ0v) is 16.0. The van der Waals surface area contributed by atoms with Gasteiger partial charge in [0.2, 0.25) is 0 Å². The van der Waals surface area contributed by atoms with Gasteiger partial charge >= 0.3 is 5.97 Å². The zero-order valence-electron chi connectivity index (χ0n) is 16.0. The van der Waals surface area contributed by atoms with Crippen LogP contribution in [-0.4, -0.2) is 25.2 Å². The van der Waals surface area contributed by atoms with Gasteiger partial charge in [-0.25, -0.2) is 0 Å². The third-order valence-corrected chi connectivity index (χ3v) is 4.58. The Kier molecular flexibility index (Phi) is 8.91. The first-order valence-electron chi connectivity index (χ1n) is 9.72. The fourth-order valence-corrected chi connectivity index (χ4v) is 3.10. The minimum atomic E-state index is -0.376. The Labute approximate surface area is 157 Å². The van der Waals surface area contributed by atoms with E-state index < -0.39 is 0 Å². The number of hydrogen-bond donors (Lipinski definition) is 1. The van der Waals surface area contributed by atoms with E-state index in [0.717, 1.165) is 11.1 Å². The smallest absolute Gasteiger partial charge is 0.317 e. The summed E-state index contributed by atoms with van der Waals surface area (Å²) in [6, 6.07) is 20.1. The SMILES string of the molecule is CCCCC[C@H](C)NCCOC(=O)C(c1ccccc1)c1ccccc1. The van der Waals surface area contributed by atoms with E-state index in [2.05, 4.69) is 19.2 Å². The molecule has 2 aromatic carbocycles. The number of carbonyl (C=O) groups is 1. The van der Waals surface area contributed by atoms with Gasteiger partial charge in [0.25, 0.3) is 0 Å². The second-order valence-electron chi connectivity index (χ2n) is 6.77. The van der Waals surface area contributed by atoms with Crippen LogP contribution in [0.4, 0.5) is 0 Å². The fraction of sp³-hybridized carbons (Fsp3) is 0.435. The molecule has 0 unspecified atom stereocenters. The molecule has 3 heteroatoms. The van der Waals surface area contributed by atoms with Crippen molar-refractivity contribution in [2.24, 2.45) is 0 Å². The standard InChI is InChI=1S/C23H31NO2/c1-3-4-7-12-19(2)24-17-18-26-23(25)22(20-13-8-5-9-14-20)21-15-10-6-11-16-21/h5-6,8-11,13-16,19,22,24H,3-4,7,12,17-18H2,1-2H3/t19-/m0/s1. The van der Waals surface area contributed by atoms with Gasteiger partial charge in [0.05, 0.1) is 0 Å².